The van der Waals surface area contributed by atoms with Crippen LogP contribution >= 0.6 is 23.2 Å². The van der Waals surface area contributed by atoms with Crippen molar-refractivity contribution in [3.63, 3.8) is 0 Å². The summed E-state index contributed by atoms with van der Waals surface area (Å²) in [6.45, 7) is 0. The number of benzene rings is 1. The molecule has 1 rings (SSSR count). The van der Waals surface area contributed by atoms with Crippen LogP contribution in [-0.2, 0) is 27.7 Å². The standard InChI is InChI=1S/C6H4Cl2.Hg/c7-5-1-2-6(8)4-3-5;/h1-4H;. The van der Waals surface area contributed by atoms with Crippen LogP contribution in [0.3, 0.4) is 0 Å². The normalized spacial score (nSPS) is 8.22. The summed E-state index contributed by atoms with van der Waals surface area (Å²) in [7, 11) is 0. The van der Waals surface area contributed by atoms with E-state index in [1.54, 1.807) is 24.3 Å². The summed E-state index contributed by atoms with van der Waals surface area (Å²) in [5, 5.41) is 1.43. The fourth-order valence-electron chi connectivity index (χ4n) is 0.430. The summed E-state index contributed by atoms with van der Waals surface area (Å²) in [6, 6.07) is 7.02. The molecule has 0 aromatic heterocycles. The maximum absolute atomic E-state index is 5.55. The van der Waals surface area contributed by atoms with Gasteiger partial charge in [0.2, 0.25) is 0 Å². The monoisotopic (exact) mass is 348 g/mol. The van der Waals surface area contributed by atoms with E-state index in [-0.39, 0.29) is 27.7 Å². The van der Waals surface area contributed by atoms with E-state index in [2.05, 4.69) is 0 Å². The SMILES string of the molecule is Clc1ccc(Cl)cc1.[Hg]. The van der Waals surface area contributed by atoms with Crippen molar-refractivity contribution < 1.29 is 27.7 Å². The predicted octanol–water partition coefficient (Wildman–Crippen LogP) is 2.99. The van der Waals surface area contributed by atoms with Gasteiger partial charge in [0.15, 0.2) is 0 Å². The number of hydrogen-bond acceptors (Lipinski definition) is 0. The first-order valence-corrected chi connectivity index (χ1v) is 2.96. The van der Waals surface area contributed by atoms with Gasteiger partial charge in [-0.25, -0.2) is 0 Å². The number of halogens is 2. The van der Waals surface area contributed by atoms with Crippen LogP contribution in [0.1, 0.15) is 0 Å². The first kappa shape index (κ1) is 9.74. The first-order valence-electron chi connectivity index (χ1n) is 2.20. The largest absolute Gasteiger partial charge is 0.0843 e. The van der Waals surface area contributed by atoms with E-state index in [1.165, 1.54) is 0 Å². The average molecular weight is 348 g/mol. The molecule has 0 heterocycles. The maximum Gasteiger partial charge on any atom is 0.0407 e. The first-order chi connectivity index (χ1) is 3.79. The Balaban J connectivity index is 0.000000640. The van der Waals surface area contributed by atoms with E-state index in [0.717, 1.165) is 10.0 Å². The molecule has 0 atom stereocenters. The van der Waals surface area contributed by atoms with E-state index < -0.39 is 0 Å². The second kappa shape index (κ2) is 4.54. The molecule has 0 saturated heterocycles. The zero-order valence-corrected chi connectivity index (χ0v) is 11.8. The molecule has 3 heteroatoms. The Morgan fingerprint density at radius 2 is 1.00 bits per heavy atom. The van der Waals surface area contributed by atoms with E-state index >= 15 is 0 Å². The Labute approximate surface area is 84.7 Å². The molecule has 0 aliphatic rings. The summed E-state index contributed by atoms with van der Waals surface area (Å²) in [4.78, 5) is 0. The molecule has 0 radical (unpaired) electrons. The molecule has 0 N–H and O–H groups in total. The average Bonchev–Trinajstić information content (AvgIpc) is 1.77. The van der Waals surface area contributed by atoms with Crippen LogP contribution in [-0.4, -0.2) is 0 Å². The third-order valence-corrected chi connectivity index (χ3v) is 1.31. The van der Waals surface area contributed by atoms with Gasteiger partial charge in [0, 0.05) is 37.7 Å². The molecule has 0 amide bonds. The molecule has 0 aliphatic carbocycles. The topological polar surface area (TPSA) is 0 Å². The molecule has 0 saturated carbocycles. The minimum Gasteiger partial charge on any atom is -0.0843 e. The van der Waals surface area contributed by atoms with Gasteiger partial charge in [-0.1, -0.05) is 23.2 Å². The van der Waals surface area contributed by atoms with Crippen molar-refractivity contribution in [3.05, 3.63) is 34.3 Å². The fourth-order valence-corrected chi connectivity index (χ4v) is 0.682. The molecule has 0 spiro atoms. The molecule has 1 aromatic rings. The van der Waals surface area contributed by atoms with Crippen LogP contribution in [0.4, 0.5) is 0 Å². The molecule has 0 fully saturated rings. The summed E-state index contributed by atoms with van der Waals surface area (Å²) in [5.41, 5.74) is 0. The van der Waals surface area contributed by atoms with Crippen molar-refractivity contribution in [2.75, 3.05) is 0 Å². The summed E-state index contributed by atoms with van der Waals surface area (Å²) < 4.78 is 0. The Morgan fingerprint density at radius 1 is 0.778 bits per heavy atom. The fraction of sp³-hybridized carbons (Fsp3) is 0. The molecule has 9 heavy (non-hydrogen) atoms. The van der Waals surface area contributed by atoms with Gasteiger partial charge in [-0.15, -0.1) is 0 Å². The van der Waals surface area contributed by atoms with Crippen LogP contribution < -0.4 is 0 Å². The molecule has 44 valence electrons. The number of hydrogen-bond donors (Lipinski definition) is 0. The summed E-state index contributed by atoms with van der Waals surface area (Å²) in [5.74, 6) is 0. The molecule has 0 unspecified atom stereocenters. The van der Waals surface area contributed by atoms with Gasteiger partial charge in [0.05, 0.1) is 0 Å². The second-order valence-electron chi connectivity index (χ2n) is 1.44. The van der Waals surface area contributed by atoms with Crippen molar-refractivity contribution in [2.45, 2.75) is 0 Å². The van der Waals surface area contributed by atoms with Crippen molar-refractivity contribution >= 4 is 23.2 Å². The van der Waals surface area contributed by atoms with Gasteiger partial charge in [0.25, 0.3) is 0 Å². The zero-order valence-electron chi connectivity index (χ0n) is 4.77. The summed E-state index contributed by atoms with van der Waals surface area (Å²) >= 11 is 11.1. The minimum absolute atomic E-state index is 0. The number of rotatable bonds is 0. The quantitative estimate of drug-likeness (QED) is 0.633. The van der Waals surface area contributed by atoms with Crippen molar-refractivity contribution in [2.24, 2.45) is 0 Å². The van der Waals surface area contributed by atoms with Crippen LogP contribution in [0.15, 0.2) is 24.3 Å². The predicted molar refractivity (Wildman–Crippen MR) is 36.5 cm³/mol. The Morgan fingerprint density at radius 3 is 1.22 bits per heavy atom. The van der Waals surface area contributed by atoms with Gasteiger partial charge >= 0.3 is 0 Å². The van der Waals surface area contributed by atoms with E-state index in [4.69, 9.17) is 23.2 Å². The van der Waals surface area contributed by atoms with Crippen LogP contribution in [0.5, 0.6) is 0 Å². The van der Waals surface area contributed by atoms with E-state index in [0.29, 0.717) is 0 Å². The molecule has 0 bridgehead atoms. The molecule has 1 aromatic carbocycles. The Bertz CT molecular complexity index is 150. The van der Waals surface area contributed by atoms with E-state index in [9.17, 15) is 0 Å². The summed E-state index contributed by atoms with van der Waals surface area (Å²) in [6.07, 6.45) is 0. The third-order valence-electron chi connectivity index (χ3n) is 0.804. The zero-order chi connectivity index (χ0) is 5.98. The van der Waals surface area contributed by atoms with Gasteiger partial charge in [-0.2, -0.15) is 0 Å². The molecule has 0 nitrogen and oxygen atoms in total. The van der Waals surface area contributed by atoms with Crippen molar-refractivity contribution in [1.82, 2.24) is 0 Å². The third kappa shape index (κ3) is 3.44. The molecule has 0 aliphatic heterocycles. The van der Waals surface area contributed by atoms with Crippen LogP contribution in [0.2, 0.25) is 10.0 Å². The van der Waals surface area contributed by atoms with E-state index in [1.807, 2.05) is 0 Å². The minimum atomic E-state index is 0. The van der Waals surface area contributed by atoms with Gasteiger partial charge in [-0.3, -0.25) is 0 Å². The van der Waals surface area contributed by atoms with Crippen LogP contribution in [0.25, 0.3) is 0 Å². The Hall–Kier alpha value is 0.735. The van der Waals surface area contributed by atoms with Gasteiger partial charge in [-0.05, 0) is 24.3 Å². The van der Waals surface area contributed by atoms with Gasteiger partial charge < -0.3 is 0 Å². The molecular formula is C6H4Cl2Hg. The second-order valence-corrected chi connectivity index (χ2v) is 2.31. The van der Waals surface area contributed by atoms with Crippen LogP contribution in [0, 0.1) is 0 Å². The van der Waals surface area contributed by atoms with Crippen molar-refractivity contribution in [3.8, 4) is 0 Å². The molecular weight excluding hydrogens is 344 g/mol. The van der Waals surface area contributed by atoms with Gasteiger partial charge in [0.1, 0.15) is 0 Å². The smallest absolute Gasteiger partial charge is 0.0407 e. The Kier molecular flexibility index (Phi) is 4.91. The maximum atomic E-state index is 5.55. The van der Waals surface area contributed by atoms with Crippen molar-refractivity contribution in [1.29, 1.82) is 0 Å².